The molecule has 0 aromatic heterocycles. The van der Waals surface area contributed by atoms with Gasteiger partial charge < -0.3 is 44.9 Å². The van der Waals surface area contributed by atoms with Crippen LogP contribution in [0.4, 0.5) is 34.1 Å². The summed E-state index contributed by atoms with van der Waals surface area (Å²) >= 11 is 6.16. The molecule has 3 N–H and O–H groups in total. The second-order valence-corrected chi connectivity index (χ2v) is 17.8. The molecule has 0 bridgehead atoms. The van der Waals surface area contributed by atoms with Gasteiger partial charge in [-0.05, 0) is 86.1 Å². The number of morpholine rings is 1. The van der Waals surface area contributed by atoms with Crippen LogP contribution in [0, 0.1) is 11.8 Å². The van der Waals surface area contributed by atoms with Crippen LogP contribution in [0.25, 0.3) is 0 Å². The minimum absolute atomic E-state index is 0.0346. The minimum Gasteiger partial charge on any atom is -0.464 e. The summed E-state index contributed by atoms with van der Waals surface area (Å²) in [7, 11) is 0. The Kier molecular flexibility index (Phi) is 15.8. The molecule has 5 aliphatic heterocycles. The summed E-state index contributed by atoms with van der Waals surface area (Å²) in [6.07, 6.45) is -2.65. The second-order valence-electron chi connectivity index (χ2n) is 17.4. The number of carbonyl (C=O) groups is 5. The van der Waals surface area contributed by atoms with Gasteiger partial charge in [-0.2, -0.15) is 13.2 Å². The number of likely N-dealkylation sites (tertiary alicyclic amines) is 3. The van der Waals surface area contributed by atoms with Crippen molar-refractivity contribution in [1.29, 1.82) is 0 Å². The number of halogens is 4. The van der Waals surface area contributed by atoms with Crippen molar-refractivity contribution < 1.29 is 51.4 Å². The normalized spacial score (nSPS) is 20.3. The lowest BCUT2D eigenvalue weighted by atomic mass is 9.78. The van der Waals surface area contributed by atoms with Crippen molar-refractivity contribution >= 4 is 52.9 Å². The van der Waals surface area contributed by atoms with Gasteiger partial charge in [0.25, 0.3) is 5.91 Å². The van der Waals surface area contributed by atoms with E-state index in [0.29, 0.717) is 90.5 Å². The molecule has 4 fully saturated rings. The lowest BCUT2D eigenvalue weighted by Gasteiger charge is -2.41. The molecule has 0 spiro atoms. The Labute approximate surface area is 376 Å². The Bertz CT molecular complexity index is 1980. The molecular weight excluding hydrogens is 859 g/mol. The Hall–Kier alpha value is -4.81. The van der Waals surface area contributed by atoms with Crippen molar-refractivity contribution in [3.05, 3.63) is 58.1 Å². The predicted octanol–water partition coefficient (Wildman–Crippen LogP) is 5.68. The third-order valence-electron chi connectivity index (χ3n) is 13.5. The summed E-state index contributed by atoms with van der Waals surface area (Å²) in [6, 6.07) is 9.42. The molecule has 15 nitrogen and oxygen atoms in total. The summed E-state index contributed by atoms with van der Waals surface area (Å²) in [4.78, 5) is 75.2. The van der Waals surface area contributed by atoms with Crippen molar-refractivity contribution in [2.45, 2.75) is 82.5 Å². The van der Waals surface area contributed by atoms with Crippen molar-refractivity contribution in [2.75, 3.05) is 96.3 Å². The fourth-order valence-corrected chi connectivity index (χ4v) is 9.92. The number of nitrogens with two attached hydrogens (primary N) is 1. The summed E-state index contributed by atoms with van der Waals surface area (Å²) in [6.45, 7) is 6.80. The monoisotopic (exact) mass is 917 g/mol. The zero-order chi connectivity index (χ0) is 45.4. The number of piperidine rings is 3. The van der Waals surface area contributed by atoms with Crippen LogP contribution < -0.4 is 11.1 Å². The van der Waals surface area contributed by atoms with Crippen LogP contribution in [0.3, 0.4) is 0 Å². The smallest absolute Gasteiger partial charge is 0.418 e. The number of carbonyl (C=O) groups excluding carboxylic acids is 5. The highest BCUT2D eigenvalue weighted by Crippen LogP contribution is 2.39. The quantitative estimate of drug-likeness (QED) is 0.200. The van der Waals surface area contributed by atoms with Crippen LogP contribution in [0.15, 0.2) is 36.4 Å². The van der Waals surface area contributed by atoms with Gasteiger partial charge in [0.05, 0.1) is 35.9 Å². The SMILES string of the molecule is Nc1c(Cl)cc(C[C@@H](OC(=O)N2CCC(N3CCc4ccccc4NC3=O)CC2)C(=O)N2CCC(C3CCN(C(=O)CCC(=O)OCCN4CCOCC4)CC3)CC2)cc1C(F)(F)F. The van der Waals surface area contributed by atoms with Crippen LogP contribution in [-0.2, 0) is 47.6 Å². The third-order valence-corrected chi connectivity index (χ3v) is 13.8. The van der Waals surface area contributed by atoms with Crippen LogP contribution in [0.5, 0.6) is 0 Å². The van der Waals surface area contributed by atoms with E-state index >= 15 is 0 Å². The Morgan fingerprint density at radius 1 is 0.844 bits per heavy atom. The van der Waals surface area contributed by atoms with E-state index in [1.54, 1.807) is 14.7 Å². The first-order valence-corrected chi connectivity index (χ1v) is 22.9. The fourth-order valence-electron chi connectivity index (χ4n) is 9.68. The first-order chi connectivity index (χ1) is 30.7. The van der Waals surface area contributed by atoms with Gasteiger partial charge in [0, 0.05) is 90.0 Å². The van der Waals surface area contributed by atoms with Gasteiger partial charge in [0.15, 0.2) is 6.10 Å². The number of urea groups is 1. The standard InChI is InChI=1S/C45H59ClF3N7O8/c46-36-28-30(27-35(41(36)50)45(47,48)49)29-38(64-44(61)55-18-12-34(13-19-55)56-20-11-33-3-1-2-4-37(33)51-43(56)60)42(59)54-16-9-32(10-17-54)31-7-14-53(15-8-31)39(57)5-6-40(58)63-26-23-52-21-24-62-25-22-52/h1-4,27-28,31-32,34,38H,5-26,29,50H2,(H,51,60)/t38-/m1/s1. The van der Waals surface area contributed by atoms with Crippen molar-refractivity contribution in [2.24, 2.45) is 11.8 Å². The molecule has 5 amide bonds. The molecule has 350 valence electrons. The number of fused-ring (bicyclic) bond motifs is 1. The van der Waals surface area contributed by atoms with Crippen LogP contribution >= 0.6 is 11.6 Å². The molecule has 19 heteroatoms. The van der Waals surface area contributed by atoms with Gasteiger partial charge in [-0.15, -0.1) is 0 Å². The molecule has 0 unspecified atom stereocenters. The van der Waals surface area contributed by atoms with Crippen LogP contribution in [0.2, 0.25) is 5.02 Å². The van der Waals surface area contributed by atoms with Gasteiger partial charge in [0.1, 0.15) is 6.61 Å². The second kappa shape index (κ2) is 21.5. The number of alkyl halides is 3. The summed E-state index contributed by atoms with van der Waals surface area (Å²) in [5.74, 6) is -0.351. The zero-order valence-electron chi connectivity index (χ0n) is 36.1. The first kappa shape index (κ1) is 47.2. The van der Waals surface area contributed by atoms with Gasteiger partial charge in [0.2, 0.25) is 5.91 Å². The number of nitrogens with one attached hydrogen (secondary N) is 1. The van der Waals surface area contributed by atoms with Crippen LogP contribution in [-0.4, -0.2) is 152 Å². The molecule has 64 heavy (non-hydrogen) atoms. The summed E-state index contributed by atoms with van der Waals surface area (Å²) in [5, 5.41) is 2.66. The van der Waals surface area contributed by atoms with Gasteiger partial charge in [-0.25, -0.2) is 9.59 Å². The molecule has 2 aromatic rings. The van der Waals surface area contributed by atoms with Crippen molar-refractivity contribution in [1.82, 2.24) is 24.5 Å². The molecule has 0 saturated carbocycles. The molecule has 7 rings (SSSR count). The number of anilines is 2. The highest BCUT2D eigenvalue weighted by molar-refractivity contribution is 6.33. The van der Waals surface area contributed by atoms with E-state index in [1.807, 2.05) is 24.3 Å². The Morgan fingerprint density at radius 2 is 1.48 bits per heavy atom. The maximum Gasteiger partial charge on any atom is 0.418 e. The number of hydrogen-bond donors (Lipinski definition) is 2. The zero-order valence-corrected chi connectivity index (χ0v) is 36.9. The average Bonchev–Trinajstić information content (AvgIpc) is 3.47. The lowest BCUT2D eigenvalue weighted by Crippen LogP contribution is -2.52. The van der Waals surface area contributed by atoms with E-state index in [-0.39, 0.29) is 79.4 Å². The molecule has 2 aromatic carbocycles. The average molecular weight is 918 g/mol. The van der Waals surface area contributed by atoms with Gasteiger partial charge in [-0.1, -0.05) is 29.8 Å². The van der Waals surface area contributed by atoms with Gasteiger partial charge in [-0.3, -0.25) is 19.3 Å². The minimum atomic E-state index is -4.81. The number of nitrogens with zero attached hydrogens (tertiary/aromatic N) is 5. The van der Waals surface area contributed by atoms with Gasteiger partial charge >= 0.3 is 24.3 Å². The van der Waals surface area contributed by atoms with E-state index in [9.17, 15) is 37.1 Å². The topological polar surface area (TPSA) is 167 Å². The molecule has 5 heterocycles. The largest absolute Gasteiger partial charge is 0.464 e. The number of hydrogen-bond acceptors (Lipinski definition) is 10. The maximum absolute atomic E-state index is 14.2. The predicted molar refractivity (Wildman–Crippen MR) is 231 cm³/mol. The highest BCUT2D eigenvalue weighted by atomic mass is 35.5. The first-order valence-electron chi connectivity index (χ1n) is 22.5. The highest BCUT2D eigenvalue weighted by Gasteiger charge is 2.39. The Balaban J connectivity index is 0.907. The van der Waals surface area contributed by atoms with E-state index < -0.39 is 35.5 Å². The molecule has 1 atom stereocenters. The van der Waals surface area contributed by atoms with Crippen molar-refractivity contribution in [3.63, 3.8) is 0 Å². The fraction of sp³-hybridized carbons (Fsp3) is 0.622. The summed E-state index contributed by atoms with van der Waals surface area (Å²) in [5.41, 5.74) is 5.79. The number of rotatable bonds is 12. The molecule has 0 radical (unpaired) electrons. The van der Waals surface area contributed by atoms with E-state index in [4.69, 9.17) is 31.5 Å². The third kappa shape index (κ3) is 12.1. The van der Waals surface area contributed by atoms with E-state index in [1.165, 1.54) is 11.0 Å². The molecule has 0 aliphatic carbocycles. The van der Waals surface area contributed by atoms with Crippen LogP contribution in [0.1, 0.15) is 68.1 Å². The van der Waals surface area contributed by atoms with Crippen molar-refractivity contribution in [3.8, 4) is 0 Å². The number of amides is 5. The summed E-state index contributed by atoms with van der Waals surface area (Å²) < 4.78 is 58.5. The molecule has 4 saturated heterocycles. The molecular formula is C45H59ClF3N7O8. The number of para-hydroxylation sites is 1. The number of ether oxygens (including phenoxy) is 3. The maximum atomic E-state index is 14.2. The van der Waals surface area contributed by atoms with E-state index in [2.05, 4.69) is 10.2 Å². The molecule has 5 aliphatic rings. The lowest BCUT2D eigenvalue weighted by molar-refractivity contribution is -0.147. The number of nitrogen functional groups attached to an aromatic ring is 1. The van der Waals surface area contributed by atoms with E-state index in [0.717, 1.165) is 43.2 Å². The number of benzene rings is 2. The number of esters is 1. The Morgan fingerprint density at radius 3 is 2.16 bits per heavy atom.